The standard InChI is InChI=1S/C19H16F2N4O2S/c1-11-4-2-5-12(8-11)23-18(27)25-19-24-16(10-28-19)17(26)22-9-13-14(20)6-3-7-15(13)21/h2-8,10H,9H2,1H3,(H,22,26)(H2,23,24,25,27). The molecule has 0 aliphatic carbocycles. The number of hydrogen-bond donors (Lipinski definition) is 3. The van der Waals surface area contributed by atoms with E-state index >= 15 is 0 Å². The van der Waals surface area contributed by atoms with Gasteiger partial charge in [-0.3, -0.25) is 10.1 Å². The van der Waals surface area contributed by atoms with E-state index < -0.39 is 23.6 Å². The number of carbonyl (C=O) groups is 2. The maximum atomic E-state index is 13.6. The third kappa shape index (κ3) is 4.89. The van der Waals surface area contributed by atoms with Crippen molar-refractivity contribution < 1.29 is 18.4 Å². The summed E-state index contributed by atoms with van der Waals surface area (Å²) in [7, 11) is 0. The fourth-order valence-corrected chi connectivity index (χ4v) is 3.06. The van der Waals surface area contributed by atoms with Crippen molar-refractivity contribution in [3.8, 4) is 0 Å². The van der Waals surface area contributed by atoms with Crippen LogP contribution in [0.5, 0.6) is 0 Å². The average molecular weight is 402 g/mol. The smallest absolute Gasteiger partial charge is 0.325 e. The number of carbonyl (C=O) groups excluding carboxylic acids is 2. The second-order valence-corrected chi connectivity index (χ2v) is 6.73. The minimum atomic E-state index is -0.742. The molecule has 9 heteroatoms. The van der Waals surface area contributed by atoms with Crippen LogP contribution in [0.15, 0.2) is 47.8 Å². The molecular formula is C19H16F2N4O2S. The van der Waals surface area contributed by atoms with E-state index in [-0.39, 0.29) is 22.9 Å². The molecule has 3 amide bonds. The first-order valence-electron chi connectivity index (χ1n) is 8.23. The van der Waals surface area contributed by atoms with Gasteiger partial charge in [0.2, 0.25) is 0 Å². The Morgan fingerprint density at radius 2 is 1.79 bits per heavy atom. The third-order valence-corrected chi connectivity index (χ3v) is 4.48. The fraction of sp³-hybridized carbons (Fsp3) is 0.105. The van der Waals surface area contributed by atoms with Crippen LogP contribution in [0.25, 0.3) is 0 Å². The SMILES string of the molecule is Cc1cccc(NC(=O)Nc2nc(C(=O)NCc3c(F)cccc3F)cs2)c1. The highest BCUT2D eigenvalue weighted by molar-refractivity contribution is 7.14. The molecule has 3 rings (SSSR count). The molecular weight excluding hydrogens is 386 g/mol. The Hall–Kier alpha value is -3.33. The first kappa shape index (κ1) is 19.4. The van der Waals surface area contributed by atoms with Crippen LogP contribution in [-0.4, -0.2) is 16.9 Å². The second-order valence-electron chi connectivity index (χ2n) is 5.87. The average Bonchev–Trinajstić information content (AvgIpc) is 3.09. The van der Waals surface area contributed by atoms with E-state index in [9.17, 15) is 18.4 Å². The summed E-state index contributed by atoms with van der Waals surface area (Å²) >= 11 is 1.06. The highest BCUT2D eigenvalue weighted by atomic mass is 32.1. The largest absolute Gasteiger partial charge is 0.346 e. The Balaban J connectivity index is 1.57. The van der Waals surface area contributed by atoms with Crippen molar-refractivity contribution in [2.75, 3.05) is 10.6 Å². The zero-order chi connectivity index (χ0) is 20.1. The lowest BCUT2D eigenvalue weighted by Gasteiger charge is -2.06. The number of anilines is 2. The van der Waals surface area contributed by atoms with Crippen LogP contribution >= 0.6 is 11.3 Å². The zero-order valence-corrected chi connectivity index (χ0v) is 15.6. The first-order chi connectivity index (χ1) is 13.4. The molecule has 0 unspecified atom stereocenters. The summed E-state index contributed by atoms with van der Waals surface area (Å²) < 4.78 is 27.2. The van der Waals surface area contributed by atoms with Gasteiger partial charge in [-0.2, -0.15) is 0 Å². The Morgan fingerprint density at radius 1 is 1.07 bits per heavy atom. The summed E-state index contributed by atoms with van der Waals surface area (Å²) in [5.41, 5.74) is 1.42. The normalized spacial score (nSPS) is 10.4. The summed E-state index contributed by atoms with van der Waals surface area (Å²) in [4.78, 5) is 28.2. The van der Waals surface area contributed by atoms with Gasteiger partial charge in [-0.05, 0) is 36.8 Å². The van der Waals surface area contributed by atoms with E-state index in [1.165, 1.54) is 11.4 Å². The molecule has 0 aliphatic heterocycles. The molecule has 0 radical (unpaired) electrons. The van der Waals surface area contributed by atoms with Gasteiger partial charge in [-0.1, -0.05) is 18.2 Å². The van der Waals surface area contributed by atoms with Crippen LogP contribution < -0.4 is 16.0 Å². The topological polar surface area (TPSA) is 83.1 Å². The van der Waals surface area contributed by atoms with Gasteiger partial charge in [-0.25, -0.2) is 18.6 Å². The molecule has 0 fully saturated rings. The van der Waals surface area contributed by atoms with Crippen LogP contribution in [0.3, 0.4) is 0 Å². The van der Waals surface area contributed by atoms with Crippen LogP contribution in [0.1, 0.15) is 21.6 Å². The lowest BCUT2D eigenvalue weighted by molar-refractivity contribution is 0.0946. The zero-order valence-electron chi connectivity index (χ0n) is 14.8. The first-order valence-corrected chi connectivity index (χ1v) is 9.11. The quantitative estimate of drug-likeness (QED) is 0.595. The van der Waals surface area contributed by atoms with Crippen molar-refractivity contribution in [2.24, 2.45) is 0 Å². The number of thiazole rings is 1. The van der Waals surface area contributed by atoms with Gasteiger partial charge in [0.1, 0.15) is 17.3 Å². The number of amides is 3. The van der Waals surface area contributed by atoms with Crippen LogP contribution in [0, 0.1) is 18.6 Å². The molecule has 0 atom stereocenters. The van der Waals surface area contributed by atoms with Crippen molar-refractivity contribution >= 4 is 34.1 Å². The number of nitrogens with zero attached hydrogens (tertiary/aromatic N) is 1. The Kier molecular flexibility index (Phi) is 5.95. The summed E-state index contributed by atoms with van der Waals surface area (Å²) in [6, 6.07) is 10.2. The number of nitrogens with one attached hydrogen (secondary N) is 3. The lowest BCUT2D eigenvalue weighted by atomic mass is 10.2. The number of urea groups is 1. The van der Waals surface area contributed by atoms with E-state index in [2.05, 4.69) is 20.9 Å². The van der Waals surface area contributed by atoms with Crippen LogP contribution in [0.2, 0.25) is 0 Å². The van der Waals surface area contributed by atoms with E-state index in [0.717, 1.165) is 29.0 Å². The Morgan fingerprint density at radius 3 is 2.50 bits per heavy atom. The number of aryl methyl sites for hydroxylation is 1. The molecule has 0 spiro atoms. The third-order valence-electron chi connectivity index (χ3n) is 3.72. The minimum Gasteiger partial charge on any atom is -0.346 e. The van der Waals surface area contributed by atoms with Crippen molar-refractivity contribution in [1.29, 1.82) is 0 Å². The van der Waals surface area contributed by atoms with Gasteiger partial charge in [0.15, 0.2) is 5.13 Å². The van der Waals surface area contributed by atoms with Crippen LogP contribution in [-0.2, 0) is 6.54 Å². The molecule has 0 saturated heterocycles. The fourth-order valence-electron chi connectivity index (χ4n) is 2.38. The Bertz CT molecular complexity index is 1000. The molecule has 1 aromatic heterocycles. The van der Waals surface area contributed by atoms with Gasteiger partial charge in [0, 0.05) is 23.2 Å². The summed E-state index contributed by atoms with van der Waals surface area (Å²) in [6.07, 6.45) is 0. The van der Waals surface area contributed by atoms with E-state index in [1.807, 2.05) is 25.1 Å². The molecule has 6 nitrogen and oxygen atoms in total. The minimum absolute atomic E-state index is 0.0348. The molecule has 1 heterocycles. The monoisotopic (exact) mass is 402 g/mol. The second kappa shape index (κ2) is 8.57. The number of hydrogen-bond acceptors (Lipinski definition) is 4. The van der Waals surface area contributed by atoms with E-state index in [1.54, 1.807) is 6.07 Å². The number of benzene rings is 2. The summed E-state index contributed by atoms with van der Waals surface area (Å²) in [5.74, 6) is -2.09. The van der Waals surface area contributed by atoms with Crippen molar-refractivity contribution in [3.05, 3.63) is 76.3 Å². The van der Waals surface area contributed by atoms with Gasteiger partial charge >= 0.3 is 6.03 Å². The maximum absolute atomic E-state index is 13.6. The number of rotatable bonds is 5. The predicted molar refractivity (Wildman–Crippen MR) is 103 cm³/mol. The molecule has 0 aliphatic rings. The van der Waals surface area contributed by atoms with Crippen molar-refractivity contribution in [1.82, 2.24) is 10.3 Å². The predicted octanol–water partition coefficient (Wildman–Crippen LogP) is 4.30. The van der Waals surface area contributed by atoms with E-state index in [4.69, 9.17) is 0 Å². The van der Waals surface area contributed by atoms with Gasteiger partial charge in [0.05, 0.1) is 0 Å². The Labute approximate surface area is 163 Å². The number of halogens is 2. The number of aromatic nitrogens is 1. The summed E-state index contributed by atoms with van der Waals surface area (Å²) in [6.45, 7) is 1.59. The molecule has 2 aromatic carbocycles. The van der Waals surface area contributed by atoms with Crippen molar-refractivity contribution in [2.45, 2.75) is 13.5 Å². The molecule has 144 valence electrons. The molecule has 28 heavy (non-hydrogen) atoms. The van der Waals surface area contributed by atoms with Crippen LogP contribution in [0.4, 0.5) is 24.4 Å². The lowest BCUT2D eigenvalue weighted by Crippen LogP contribution is -2.24. The van der Waals surface area contributed by atoms with E-state index in [0.29, 0.717) is 5.69 Å². The molecule has 0 saturated carbocycles. The summed E-state index contributed by atoms with van der Waals surface area (Å²) in [5, 5.41) is 9.26. The maximum Gasteiger partial charge on any atom is 0.325 e. The highest BCUT2D eigenvalue weighted by Gasteiger charge is 2.15. The highest BCUT2D eigenvalue weighted by Crippen LogP contribution is 2.17. The van der Waals surface area contributed by atoms with Gasteiger partial charge in [-0.15, -0.1) is 11.3 Å². The molecule has 0 bridgehead atoms. The van der Waals surface area contributed by atoms with Gasteiger partial charge < -0.3 is 10.6 Å². The molecule has 3 aromatic rings. The van der Waals surface area contributed by atoms with Crippen molar-refractivity contribution in [3.63, 3.8) is 0 Å². The molecule has 3 N–H and O–H groups in total. The van der Waals surface area contributed by atoms with Gasteiger partial charge in [0.25, 0.3) is 5.91 Å².